The summed E-state index contributed by atoms with van der Waals surface area (Å²) in [5.41, 5.74) is 1.04. The molecule has 0 saturated carbocycles. The monoisotopic (exact) mass is 207 g/mol. The summed E-state index contributed by atoms with van der Waals surface area (Å²) in [5, 5.41) is 0. The van der Waals surface area contributed by atoms with E-state index >= 15 is 0 Å². The van der Waals surface area contributed by atoms with Crippen LogP contribution in [0, 0.1) is 6.92 Å². The molecule has 1 aromatic rings. The van der Waals surface area contributed by atoms with E-state index in [0.29, 0.717) is 0 Å². The molecular weight excluding hydrogens is 190 g/mol. The van der Waals surface area contributed by atoms with Crippen LogP contribution in [0.2, 0.25) is 0 Å². The van der Waals surface area contributed by atoms with E-state index in [1.54, 1.807) is 21.0 Å². The molecule has 0 radical (unpaired) electrons. The first kappa shape index (κ1) is 11.6. The fraction of sp³-hybridized carbons (Fsp3) is 0.417. The predicted molar refractivity (Wildman–Crippen MR) is 60.0 cm³/mol. The van der Waals surface area contributed by atoms with E-state index in [1.165, 1.54) is 4.90 Å². The quantitative estimate of drug-likeness (QED) is 0.757. The molecule has 15 heavy (non-hydrogen) atoms. The van der Waals surface area contributed by atoms with Crippen molar-refractivity contribution >= 4 is 5.91 Å². The molecule has 0 aliphatic carbocycles. The highest BCUT2D eigenvalue weighted by Crippen LogP contribution is 2.18. The average molecular weight is 207 g/mol. The van der Waals surface area contributed by atoms with Crippen LogP contribution in [0.4, 0.5) is 0 Å². The van der Waals surface area contributed by atoms with Crippen LogP contribution < -0.4 is 4.74 Å². The summed E-state index contributed by atoms with van der Waals surface area (Å²) in [5.74, 6) is 0.735. The Morgan fingerprint density at radius 2 is 1.93 bits per heavy atom. The molecule has 3 nitrogen and oxygen atoms in total. The molecule has 0 unspecified atom stereocenters. The van der Waals surface area contributed by atoms with Gasteiger partial charge in [0.15, 0.2) is 6.10 Å². The zero-order valence-electron chi connectivity index (χ0n) is 9.65. The molecule has 0 spiro atoms. The van der Waals surface area contributed by atoms with E-state index in [0.717, 1.165) is 11.3 Å². The number of benzene rings is 1. The summed E-state index contributed by atoms with van der Waals surface area (Å²) in [6.45, 7) is 3.72. The highest BCUT2D eigenvalue weighted by atomic mass is 16.5. The molecule has 82 valence electrons. The Hall–Kier alpha value is -1.51. The molecule has 0 N–H and O–H groups in total. The van der Waals surface area contributed by atoms with Gasteiger partial charge in [-0.15, -0.1) is 0 Å². The second-order valence-corrected chi connectivity index (χ2v) is 3.76. The zero-order chi connectivity index (χ0) is 11.4. The van der Waals surface area contributed by atoms with Crippen molar-refractivity contribution in [1.82, 2.24) is 4.90 Å². The number of nitrogens with zero attached hydrogens (tertiary/aromatic N) is 1. The van der Waals surface area contributed by atoms with E-state index < -0.39 is 6.10 Å². The maximum Gasteiger partial charge on any atom is 0.262 e. The lowest BCUT2D eigenvalue weighted by Gasteiger charge is -2.19. The Labute approximate surface area is 90.7 Å². The van der Waals surface area contributed by atoms with E-state index in [1.807, 2.05) is 31.2 Å². The van der Waals surface area contributed by atoms with Gasteiger partial charge in [-0.1, -0.05) is 18.2 Å². The van der Waals surface area contributed by atoms with Crippen molar-refractivity contribution in [1.29, 1.82) is 0 Å². The fourth-order valence-electron chi connectivity index (χ4n) is 1.29. The Bertz CT molecular complexity index is 347. The largest absolute Gasteiger partial charge is 0.481 e. The summed E-state index contributed by atoms with van der Waals surface area (Å²) < 4.78 is 5.58. The summed E-state index contributed by atoms with van der Waals surface area (Å²) in [6.07, 6.45) is -0.443. The second-order valence-electron chi connectivity index (χ2n) is 3.76. The molecule has 0 fully saturated rings. The number of hydrogen-bond acceptors (Lipinski definition) is 2. The topological polar surface area (TPSA) is 29.5 Å². The Morgan fingerprint density at radius 3 is 2.47 bits per heavy atom. The Morgan fingerprint density at radius 1 is 1.33 bits per heavy atom. The van der Waals surface area contributed by atoms with Gasteiger partial charge in [-0.3, -0.25) is 4.79 Å². The standard InChI is InChI=1S/C12H17NO2/c1-9-7-5-6-8-11(9)15-10(2)12(14)13(3)4/h5-8,10H,1-4H3/t10-/m1/s1. The molecule has 0 aliphatic heterocycles. The number of para-hydroxylation sites is 1. The number of ether oxygens (including phenoxy) is 1. The molecule has 0 aromatic heterocycles. The molecular formula is C12H17NO2. The van der Waals surface area contributed by atoms with Gasteiger partial charge in [0, 0.05) is 14.1 Å². The summed E-state index contributed by atoms with van der Waals surface area (Å²) >= 11 is 0. The molecule has 1 rings (SSSR count). The fourth-order valence-corrected chi connectivity index (χ4v) is 1.29. The Balaban J connectivity index is 2.71. The third-order valence-corrected chi connectivity index (χ3v) is 2.19. The zero-order valence-corrected chi connectivity index (χ0v) is 9.65. The minimum absolute atomic E-state index is 0.0294. The molecule has 0 bridgehead atoms. The van der Waals surface area contributed by atoms with Gasteiger partial charge in [0.05, 0.1) is 0 Å². The molecule has 1 aromatic carbocycles. The number of amides is 1. The lowest BCUT2D eigenvalue weighted by molar-refractivity contribution is -0.135. The normalized spacial score (nSPS) is 12.0. The van der Waals surface area contributed by atoms with Gasteiger partial charge in [0.25, 0.3) is 5.91 Å². The average Bonchev–Trinajstić information content (AvgIpc) is 2.20. The minimum Gasteiger partial charge on any atom is -0.481 e. The number of rotatable bonds is 3. The summed E-state index contributed by atoms with van der Waals surface area (Å²) in [7, 11) is 3.44. The molecule has 0 saturated heterocycles. The van der Waals surface area contributed by atoms with Crippen molar-refractivity contribution in [3.63, 3.8) is 0 Å². The molecule has 3 heteroatoms. The highest BCUT2D eigenvalue weighted by Gasteiger charge is 2.16. The van der Waals surface area contributed by atoms with Gasteiger partial charge >= 0.3 is 0 Å². The number of likely N-dealkylation sites (N-methyl/N-ethyl adjacent to an activating group) is 1. The first-order chi connectivity index (χ1) is 7.02. The van der Waals surface area contributed by atoms with E-state index in [9.17, 15) is 4.79 Å². The van der Waals surface area contributed by atoms with Crippen LogP contribution in [0.15, 0.2) is 24.3 Å². The number of carbonyl (C=O) groups excluding carboxylic acids is 1. The van der Waals surface area contributed by atoms with Crippen molar-refractivity contribution in [2.45, 2.75) is 20.0 Å². The molecule has 1 amide bonds. The first-order valence-electron chi connectivity index (χ1n) is 4.96. The van der Waals surface area contributed by atoms with Crippen molar-refractivity contribution in [2.75, 3.05) is 14.1 Å². The maximum absolute atomic E-state index is 11.6. The van der Waals surface area contributed by atoms with Gasteiger partial charge < -0.3 is 9.64 Å². The molecule has 1 atom stereocenters. The third kappa shape index (κ3) is 2.98. The molecule has 0 aliphatic rings. The van der Waals surface area contributed by atoms with Gasteiger partial charge in [-0.25, -0.2) is 0 Å². The van der Waals surface area contributed by atoms with Gasteiger partial charge in [-0.2, -0.15) is 0 Å². The van der Waals surface area contributed by atoms with E-state index in [4.69, 9.17) is 4.74 Å². The van der Waals surface area contributed by atoms with Crippen molar-refractivity contribution in [3.8, 4) is 5.75 Å². The van der Waals surface area contributed by atoms with Crippen LogP contribution in [-0.4, -0.2) is 31.0 Å². The van der Waals surface area contributed by atoms with Crippen LogP contribution in [0.1, 0.15) is 12.5 Å². The predicted octanol–water partition coefficient (Wildman–Crippen LogP) is 1.85. The summed E-state index contributed by atoms with van der Waals surface area (Å²) in [4.78, 5) is 13.1. The van der Waals surface area contributed by atoms with Crippen molar-refractivity contribution in [3.05, 3.63) is 29.8 Å². The molecule has 0 heterocycles. The highest BCUT2D eigenvalue weighted by molar-refractivity contribution is 5.80. The number of carbonyl (C=O) groups is 1. The second kappa shape index (κ2) is 4.82. The van der Waals surface area contributed by atoms with Crippen molar-refractivity contribution in [2.24, 2.45) is 0 Å². The van der Waals surface area contributed by atoms with Crippen LogP contribution >= 0.6 is 0 Å². The number of aryl methyl sites for hydroxylation is 1. The number of hydrogen-bond donors (Lipinski definition) is 0. The lowest BCUT2D eigenvalue weighted by atomic mass is 10.2. The lowest BCUT2D eigenvalue weighted by Crippen LogP contribution is -2.35. The van der Waals surface area contributed by atoms with E-state index in [-0.39, 0.29) is 5.91 Å². The van der Waals surface area contributed by atoms with Gasteiger partial charge in [0.2, 0.25) is 0 Å². The van der Waals surface area contributed by atoms with Crippen LogP contribution in [0.25, 0.3) is 0 Å². The first-order valence-corrected chi connectivity index (χ1v) is 4.96. The van der Waals surface area contributed by atoms with Crippen molar-refractivity contribution < 1.29 is 9.53 Å². The third-order valence-electron chi connectivity index (χ3n) is 2.19. The van der Waals surface area contributed by atoms with Crippen LogP contribution in [0.5, 0.6) is 5.75 Å². The van der Waals surface area contributed by atoms with Crippen LogP contribution in [-0.2, 0) is 4.79 Å². The Kier molecular flexibility index (Phi) is 3.72. The van der Waals surface area contributed by atoms with E-state index in [2.05, 4.69) is 0 Å². The smallest absolute Gasteiger partial charge is 0.262 e. The SMILES string of the molecule is Cc1ccccc1O[C@H](C)C(=O)N(C)C. The van der Waals surface area contributed by atoms with Gasteiger partial charge in [-0.05, 0) is 25.5 Å². The minimum atomic E-state index is -0.443. The van der Waals surface area contributed by atoms with Crippen LogP contribution in [0.3, 0.4) is 0 Å². The maximum atomic E-state index is 11.6. The summed E-state index contributed by atoms with van der Waals surface area (Å²) in [6, 6.07) is 7.67. The van der Waals surface area contributed by atoms with Gasteiger partial charge in [0.1, 0.15) is 5.75 Å².